The van der Waals surface area contributed by atoms with Crippen molar-refractivity contribution < 1.29 is 73.6 Å². The van der Waals surface area contributed by atoms with Crippen molar-refractivity contribution in [3.05, 3.63) is 490 Å². The standard InChI is InChI=1S/C31H22NO.2C29H26NO.C17H20N.C13H12N.C12H10N.3Ir/c1-21-16-29(32-20-28(21)24-10-6-3-7-11-24)25-13-15-31-27(19-25)26-18-23(12-14-30(26)33-31)17-22-8-4-2-5-9-22;1-19(2)13-22-17-27(30-18-20(22)3)23-15-24(14-21-9-5-4-6-10-21)29-26(16-23)25-11-7-8-12-28(25)31-29;1-29(2,3)19-21-14-15-30-25(17-21)22-12-13-26-24(18-22)28-23(10-7-11-27(28)31-26)16-20-8-5-4-6-9-20;1-12(2)9-16-10-17(18-11-14(16)4)15-7-5-13(3)6-8-15;1-10-3-6-12(7-4-10)13-8-5-11(2)9-14-13;1-10-7-8-12(13-9-10)11-5-3-2-4-6-11;;;/h2-12,14-16,18-20H,17H2,1H3;4-12,16-19H,13-14H2,1-3H3;4-11,13-15,17-18H,16,19H2,1-3H3;5-7,10-12H,9H2,1-4H3;3-6,8-9H,1-2H3;2-5,7-9H,1H3;;;/q6*-1;;;. The second kappa shape index (κ2) is 49.2. The Balaban J connectivity index is 0.000000140. The Bertz CT molecular complexity index is 7890. The molecule has 0 unspecified atom stereocenters. The predicted molar refractivity (Wildman–Crippen MR) is 579 cm³/mol. The molecule has 0 saturated heterocycles. The zero-order valence-electron chi connectivity index (χ0n) is 83.4. The van der Waals surface area contributed by atoms with Crippen molar-refractivity contribution >= 4 is 65.8 Å². The summed E-state index contributed by atoms with van der Waals surface area (Å²) in [6.07, 6.45) is 17.3. The Kier molecular flexibility index (Phi) is 36.1. The minimum absolute atomic E-state index is 0. The van der Waals surface area contributed by atoms with E-state index in [9.17, 15) is 0 Å². The molecule has 9 nitrogen and oxygen atoms in total. The van der Waals surface area contributed by atoms with Crippen molar-refractivity contribution in [1.29, 1.82) is 0 Å². The quantitative estimate of drug-likeness (QED) is 0.0774. The smallest absolute Gasteiger partial charge is 0.121 e. The molecule has 0 atom stereocenters. The third-order valence-corrected chi connectivity index (χ3v) is 24.7. The number of hydrogen-bond acceptors (Lipinski definition) is 9. The van der Waals surface area contributed by atoms with Crippen LogP contribution in [-0.4, -0.2) is 29.9 Å². The first-order valence-electron chi connectivity index (χ1n) is 48.4. The average Bonchev–Trinajstić information content (AvgIpc) is 1.61. The molecule has 22 aromatic rings. The second-order valence-corrected chi connectivity index (χ2v) is 38.6. The first kappa shape index (κ1) is 105. The number of rotatable bonds is 18. The van der Waals surface area contributed by atoms with Gasteiger partial charge in [0, 0.05) is 119 Å². The van der Waals surface area contributed by atoms with Crippen molar-refractivity contribution in [2.75, 3.05) is 0 Å². The van der Waals surface area contributed by atoms with Gasteiger partial charge in [0.25, 0.3) is 0 Å². The molecule has 0 saturated carbocycles. The number of benzene rings is 13. The third-order valence-electron chi connectivity index (χ3n) is 24.7. The molecule has 22 rings (SSSR count). The molecule has 12 heteroatoms. The Labute approximate surface area is 883 Å². The zero-order valence-corrected chi connectivity index (χ0v) is 90.6. The second-order valence-electron chi connectivity index (χ2n) is 38.6. The van der Waals surface area contributed by atoms with Gasteiger partial charge < -0.3 is 43.2 Å². The van der Waals surface area contributed by atoms with E-state index in [1.165, 1.54) is 94.4 Å². The molecule has 721 valence electrons. The summed E-state index contributed by atoms with van der Waals surface area (Å²) in [6, 6.07) is 133. The van der Waals surface area contributed by atoms with Gasteiger partial charge in [-0.05, 0) is 216 Å². The fourth-order valence-corrected chi connectivity index (χ4v) is 17.6. The van der Waals surface area contributed by atoms with Gasteiger partial charge in [0.1, 0.15) is 16.7 Å². The molecule has 13 aromatic carbocycles. The van der Waals surface area contributed by atoms with Gasteiger partial charge in [-0.25, -0.2) is 0 Å². The number of furan rings is 3. The van der Waals surface area contributed by atoms with Crippen LogP contribution in [0.4, 0.5) is 0 Å². The summed E-state index contributed by atoms with van der Waals surface area (Å²) in [7, 11) is 0. The number of pyridine rings is 6. The molecule has 143 heavy (non-hydrogen) atoms. The van der Waals surface area contributed by atoms with Crippen molar-refractivity contribution in [2.45, 2.75) is 135 Å². The number of hydrogen-bond donors (Lipinski definition) is 0. The van der Waals surface area contributed by atoms with E-state index in [0.29, 0.717) is 11.8 Å². The van der Waals surface area contributed by atoms with Gasteiger partial charge in [0.05, 0.1) is 16.7 Å². The number of nitrogens with zero attached hydrogens (tertiary/aromatic N) is 6. The third kappa shape index (κ3) is 27.5. The molecule has 0 amide bonds. The molecule has 9 aromatic heterocycles. The van der Waals surface area contributed by atoms with Crippen LogP contribution in [0.1, 0.15) is 137 Å². The zero-order chi connectivity index (χ0) is 97.2. The van der Waals surface area contributed by atoms with Crippen LogP contribution in [0.2, 0.25) is 0 Å². The molecule has 3 radical (unpaired) electrons. The van der Waals surface area contributed by atoms with Gasteiger partial charge in [0.2, 0.25) is 0 Å². The Morgan fingerprint density at radius 1 is 0.294 bits per heavy atom. The largest absolute Gasteiger partial charge is 0.500 e. The number of aromatic nitrogens is 6. The van der Waals surface area contributed by atoms with E-state index in [1.54, 1.807) is 0 Å². The first-order valence-corrected chi connectivity index (χ1v) is 48.4. The van der Waals surface area contributed by atoms with E-state index >= 15 is 0 Å². The maximum absolute atomic E-state index is 6.29. The summed E-state index contributed by atoms with van der Waals surface area (Å²) in [5.74, 6) is 1.27. The summed E-state index contributed by atoms with van der Waals surface area (Å²) >= 11 is 0. The molecule has 0 aliphatic rings. The summed E-state index contributed by atoms with van der Waals surface area (Å²) in [5, 5.41) is 6.80. The molecule has 0 N–H and O–H groups in total. The Morgan fingerprint density at radius 3 is 1.34 bits per heavy atom. The van der Waals surface area contributed by atoms with Crippen LogP contribution in [0.5, 0.6) is 0 Å². The minimum Gasteiger partial charge on any atom is -0.500 e. The van der Waals surface area contributed by atoms with E-state index in [2.05, 4.69) is 370 Å². The topological polar surface area (TPSA) is 117 Å². The van der Waals surface area contributed by atoms with Crippen molar-refractivity contribution in [2.24, 2.45) is 17.3 Å². The molecule has 0 fully saturated rings. The van der Waals surface area contributed by atoms with Crippen LogP contribution >= 0.6 is 0 Å². The normalized spacial score (nSPS) is 11.0. The fourth-order valence-electron chi connectivity index (χ4n) is 17.6. The molecule has 0 aliphatic heterocycles. The van der Waals surface area contributed by atoms with Crippen molar-refractivity contribution in [1.82, 2.24) is 29.9 Å². The molecule has 9 heterocycles. The molecule has 0 aliphatic carbocycles. The van der Waals surface area contributed by atoms with Crippen LogP contribution in [-0.2, 0) is 98.8 Å². The summed E-state index contributed by atoms with van der Waals surface area (Å²) in [4.78, 5) is 27.4. The number of aryl methyl sites for hydroxylation is 7. The maximum atomic E-state index is 6.29. The molecular weight excluding hydrogens is 2280 g/mol. The van der Waals surface area contributed by atoms with E-state index in [1.807, 2.05) is 148 Å². The van der Waals surface area contributed by atoms with Crippen LogP contribution < -0.4 is 0 Å². The Morgan fingerprint density at radius 2 is 0.769 bits per heavy atom. The van der Waals surface area contributed by atoms with Gasteiger partial charge in [-0.15, -0.1) is 172 Å². The van der Waals surface area contributed by atoms with E-state index in [-0.39, 0.29) is 65.7 Å². The van der Waals surface area contributed by atoms with E-state index in [0.717, 1.165) is 178 Å². The summed E-state index contributed by atoms with van der Waals surface area (Å²) in [6.45, 7) is 30.4. The molecule has 0 spiro atoms. The van der Waals surface area contributed by atoms with Gasteiger partial charge in [0.15, 0.2) is 0 Å². The molecular formula is C131H116Ir3N6O3-6. The van der Waals surface area contributed by atoms with Crippen molar-refractivity contribution in [3.8, 4) is 78.7 Å². The summed E-state index contributed by atoms with van der Waals surface area (Å²) < 4.78 is 18.5. The SMILES string of the molecule is CC(C)(C)Cc1ccnc(-c2[c-]cc3oc4cccc(Cc5ccccc5)c4c3c2)c1.Cc1c[c-]c(-c2cc(CC(C)C)c(C)cn2)cc1.Cc1c[c-]c(-c2ccc(C)cn2)cc1.Cc1cc(-c2[c-]cc3oc4ccc(Cc5ccccc5)cc4c3c2)ncc1-c1ccccc1.Cc1ccc(-c2[c-]cccc2)nc1.Cc1cnc(-c2[c-]c(Cc3ccccc3)c3oc4ccccc4c3c2)cc1CC(C)C.[Ir].[Ir].[Ir]. The van der Waals surface area contributed by atoms with Crippen LogP contribution in [0, 0.1) is 102 Å². The van der Waals surface area contributed by atoms with Crippen LogP contribution in [0.3, 0.4) is 0 Å². The summed E-state index contributed by atoms with van der Waals surface area (Å²) in [5.41, 5.74) is 40.0. The van der Waals surface area contributed by atoms with Gasteiger partial charge >= 0.3 is 0 Å². The van der Waals surface area contributed by atoms with Gasteiger partial charge in [-0.1, -0.05) is 307 Å². The van der Waals surface area contributed by atoms with Gasteiger partial charge in [-0.2, -0.15) is 0 Å². The van der Waals surface area contributed by atoms with Crippen molar-refractivity contribution in [3.63, 3.8) is 0 Å². The monoisotopic (exact) mass is 2400 g/mol. The Hall–Kier alpha value is -13.9. The number of para-hydroxylation sites is 1. The maximum Gasteiger partial charge on any atom is 0.121 e. The predicted octanol–water partition coefficient (Wildman–Crippen LogP) is 33.6. The first-order chi connectivity index (χ1) is 68.0. The average molecular weight is 2400 g/mol. The van der Waals surface area contributed by atoms with Gasteiger partial charge in [-0.3, -0.25) is 0 Å². The van der Waals surface area contributed by atoms with E-state index < -0.39 is 0 Å². The number of fused-ring (bicyclic) bond motifs is 9. The van der Waals surface area contributed by atoms with Crippen LogP contribution in [0.15, 0.2) is 378 Å². The minimum atomic E-state index is 0. The van der Waals surface area contributed by atoms with E-state index in [4.69, 9.17) is 23.2 Å². The molecule has 0 bridgehead atoms. The van der Waals surface area contributed by atoms with Crippen LogP contribution in [0.25, 0.3) is 144 Å². The fraction of sp³-hybridized carbons (Fsp3) is 0.176.